The molecule has 2 rings (SSSR count). The van der Waals surface area contributed by atoms with E-state index in [1.54, 1.807) is 6.07 Å². The summed E-state index contributed by atoms with van der Waals surface area (Å²) in [7, 11) is 0. The molecular weight excluding hydrogens is 333 g/mol. The molecule has 0 saturated heterocycles. The van der Waals surface area contributed by atoms with E-state index < -0.39 is 0 Å². The summed E-state index contributed by atoms with van der Waals surface area (Å²) in [4.78, 5) is 0. The van der Waals surface area contributed by atoms with Crippen LogP contribution in [0.3, 0.4) is 0 Å². The van der Waals surface area contributed by atoms with Gasteiger partial charge in [-0.15, -0.1) is 0 Å². The Hall–Kier alpha value is -0.540. The van der Waals surface area contributed by atoms with Crippen LogP contribution in [0.15, 0.2) is 46.9 Å². The molecule has 0 heterocycles. The van der Waals surface area contributed by atoms with Crippen molar-refractivity contribution in [3.63, 3.8) is 0 Å². The summed E-state index contributed by atoms with van der Waals surface area (Å²) in [5.41, 5.74) is 8.35. The average Bonchev–Trinajstić information content (AvgIpc) is 2.32. The lowest BCUT2D eigenvalue weighted by molar-refractivity contribution is 0.722. The first kappa shape index (κ1) is 13.9. The molecule has 0 aliphatic carbocycles. The average molecular weight is 345 g/mol. The molecule has 0 bridgehead atoms. The minimum absolute atomic E-state index is 0.0888. The lowest BCUT2D eigenvalue weighted by Crippen LogP contribution is -2.13. The molecule has 2 aromatic carbocycles. The number of halogens is 3. The molecule has 0 amide bonds. The van der Waals surface area contributed by atoms with Crippen molar-refractivity contribution in [2.75, 3.05) is 0 Å². The fourth-order valence-corrected chi connectivity index (χ4v) is 2.53. The Balaban J connectivity index is 2.16. The maximum Gasteiger partial charge on any atom is 0.0595 e. The van der Waals surface area contributed by atoms with E-state index in [1.807, 2.05) is 24.3 Å². The van der Waals surface area contributed by atoms with Crippen LogP contribution < -0.4 is 5.73 Å². The number of nitrogens with two attached hydrogens (primary N) is 1. The van der Waals surface area contributed by atoms with Gasteiger partial charge in [0, 0.05) is 10.5 Å². The van der Waals surface area contributed by atoms with Crippen molar-refractivity contribution in [3.8, 4) is 0 Å². The van der Waals surface area contributed by atoms with Gasteiger partial charge in [-0.2, -0.15) is 0 Å². The lowest BCUT2D eigenvalue weighted by Gasteiger charge is -2.13. The zero-order valence-electron chi connectivity index (χ0n) is 9.54. The van der Waals surface area contributed by atoms with Gasteiger partial charge < -0.3 is 5.73 Å². The highest BCUT2D eigenvalue weighted by molar-refractivity contribution is 9.10. The van der Waals surface area contributed by atoms with Gasteiger partial charge in [0.25, 0.3) is 0 Å². The van der Waals surface area contributed by atoms with Gasteiger partial charge in [-0.1, -0.05) is 57.3 Å². The number of rotatable bonds is 3. The first-order chi connectivity index (χ1) is 8.56. The van der Waals surface area contributed by atoms with E-state index >= 15 is 0 Å². The van der Waals surface area contributed by atoms with Crippen molar-refractivity contribution < 1.29 is 0 Å². The van der Waals surface area contributed by atoms with E-state index in [1.165, 1.54) is 5.56 Å². The maximum atomic E-state index is 6.18. The molecule has 18 heavy (non-hydrogen) atoms. The second kappa shape index (κ2) is 6.07. The third-order valence-corrected chi connectivity index (χ3v) is 3.95. The Morgan fingerprint density at radius 3 is 2.50 bits per heavy atom. The minimum atomic E-state index is -0.0888. The zero-order valence-corrected chi connectivity index (χ0v) is 12.6. The topological polar surface area (TPSA) is 26.0 Å². The SMILES string of the molecule is NC(Cc1cccc(Br)c1)c1ccc(Cl)c(Cl)c1. The molecular formula is C14H12BrCl2N. The molecule has 2 aromatic rings. The van der Waals surface area contributed by atoms with Crippen molar-refractivity contribution in [1.29, 1.82) is 0 Å². The van der Waals surface area contributed by atoms with Crippen molar-refractivity contribution in [2.45, 2.75) is 12.5 Å². The molecule has 0 aliphatic heterocycles. The Labute approximate surface area is 125 Å². The second-order valence-corrected chi connectivity index (χ2v) is 5.84. The summed E-state index contributed by atoms with van der Waals surface area (Å²) in [6.07, 6.45) is 0.761. The van der Waals surface area contributed by atoms with Gasteiger partial charge in [0.2, 0.25) is 0 Å². The Morgan fingerprint density at radius 2 is 1.83 bits per heavy atom. The van der Waals surface area contributed by atoms with Crippen LogP contribution >= 0.6 is 39.1 Å². The molecule has 4 heteroatoms. The molecule has 0 fully saturated rings. The molecule has 0 saturated carbocycles. The van der Waals surface area contributed by atoms with Crippen LogP contribution in [-0.2, 0) is 6.42 Å². The predicted octanol–water partition coefficient (Wildman–Crippen LogP) is 5.00. The molecule has 0 radical (unpaired) electrons. The standard InChI is InChI=1S/C14H12BrCl2N/c15-11-3-1-2-9(6-11)7-14(18)10-4-5-12(16)13(17)8-10/h1-6,8,14H,7,18H2. The van der Waals surface area contributed by atoms with Gasteiger partial charge >= 0.3 is 0 Å². The Bertz CT molecular complexity index is 557. The molecule has 2 N–H and O–H groups in total. The van der Waals surface area contributed by atoms with Crippen LogP contribution in [0.25, 0.3) is 0 Å². The normalized spacial score (nSPS) is 12.4. The minimum Gasteiger partial charge on any atom is -0.324 e. The summed E-state index contributed by atoms with van der Waals surface area (Å²) >= 11 is 15.3. The van der Waals surface area contributed by atoms with Crippen molar-refractivity contribution >= 4 is 39.1 Å². The smallest absolute Gasteiger partial charge is 0.0595 e. The molecule has 0 aromatic heterocycles. The van der Waals surface area contributed by atoms with E-state index in [4.69, 9.17) is 28.9 Å². The molecule has 1 nitrogen and oxygen atoms in total. The number of hydrogen-bond donors (Lipinski definition) is 1. The summed E-state index contributed by atoms with van der Waals surface area (Å²) in [6, 6.07) is 13.5. The lowest BCUT2D eigenvalue weighted by atomic mass is 10.00. The molecule has 1 atom stereocenters. The van der Waals surface area contributed by atoms with Gasteiger partial charge in [-0.3, -0.25) is 0 Å². The van der Waals surface area contributed by atoms with Crippen LogP contribution in [0.4, 0.5) is 0 Å². The molecule has 0 spiro atoms. The van der Waals surface area contributed by atoms with Crippen molar-refractivity contribution in [1.82, 2.24) is 0 Å². The summed E-state index contributed by atoms with van der Waals surface area (Å²) in [6.45, 7) is 0. The van der Waals surface area contributed by atoms with Gasteiger partial charge in [-0.25, -0.2) is 0 Å². The molecule has 1 unspecified atom stereocenters. The Kier molecular flexibility index (Phi) is 4.68. The third-order valence-electron chi connectivity index (χ3n) is 2.72. The van der Waals surface area contributed by atoms with Crippen LogP contribution in [-0.4, -0.2) is 0 Å². The van der Waals surface area contributed by atoms with Gasteiger partial charge in [-0.05, 0) is 41.8 Å². The number of hydrogen-bond acceptors (Lipinski definition) is 1. The first-order valence-corrected chi connectivity index (χ1v) is 7.06. The molecule has 0 aliphatic rings. The highest BCUT2D eigenvalue weighted by Gasteiger charge is 2.09. The van der Waals surface area contributed by atoms with Crippen LogP contribution in [0.2, 0.25) is 10.0 Å². The largest absolute Gasteiger partial charge is 0.324 e. The van der Waals surface area contributed by atoms with E-state index in [0.29, 0.717) is 10.0 Å². The summed E-state index contributed by atoms with van der Waals surface area (Å²) in [5.74, 6) is 0. The van der Waals surface area contributed by atoms with E-state index in [-0.39, 0.29) is 6.04 Å². The van der Waals surface area contributed by atoms with Gasteiger partial charge in [0.05, 0.1) is 10.0 Å². The third kappa shape index (κ3) is 3.48. The Morgan fingerprint density at radius 1 is 1.06 bits per heavy atom. The fourth-order valence-electron chi connectivity index (χ4n) is 1.78. The maximum absolute atomic E-state index is 6.18. The van der Waals surface area contributed by atoms with E-state index in [2.05, 4.69) is 28.1 Å². The first-order valence-electron chi connectivity index (χ1n) is 5.51. The van der Waals surface area contributed by atoms with Crippen LogP contribution in [0.1, 0.15) is 17.2 Å². The summed E-state index contributed by atoms with van der Waals surface area (Å²) in [5, 5.41) is 1.09. The molecule has 94 valence electrons. The number of benzene rings is 2. The summed E-state index contributed by atoms with van der Waals surface area (Å²) < 4.78 is 1.06. The van der Waals surface area contributed by atoms with Gasteiger partial charge in [0.1, 0.15) is 0 Å². The van der Waals surface area contributed by atoms with Crippen LogP contribution in [0, 0.1) is 0 Å². The van der Waals surface area contributed by atoms with Crippen molar-refractivity contribution in [3.05, 3.63) is 68.1 Å². The predicted molar refractivity (Wildman–Crippen MR) is 81.2 cm³/mol. The van der Waals surface area contributed by atoms with E-state index in [9.17, 15) is 0 Å². The highest BCUT2D eigenvalue weighted by atomic mass is 79.9. The highest BCUT2D eigenvalue weighted by Crippen LogP contribution is 2.26. The van der Waals surface area contributed by atoms with Gasteiger partial charge in [0.15, 0.2) is 0 Å². The van der Waals surface area contributed by atoms with Crippen LogP contribution in [0.5, 0.6) is 0 Å². The quantitative estimate of drug-likeness (QED) is 0.833. The van der Waals surface area contributed by atoms with E-state index in [0.717, 1.165) is 16.5 Å². The second-order valence-electron chi connectivity index (χ2n) is 4.11. The van der Waals surface area contributed by atoms with Crippen molar-refractivity contribution in [2.24, 2.45) is 5.73 Å². The monoisotopic (exact) mass is 343 g/mol. The fraction of sp³-hybridized carbons (Fsp3) is 0.143. The zero-order chi connectivity index (χ0) is 13.1.